The maximum Gasteiger partial charge on any atom is 0.322 e. The van der Waals surface area contributed by atoms with Crippen LogP contribution in [0.3, 0.4) is 0 Å². The van der Waals surface area contributed by atoms with Gasteiger partial charge in [-0.05, 0) is 31.4 Å². The van der Waals surface area contributed by atoms with E-state index >= 15 is 0 Å². The maximum atomic E-state index is 12.9. The van der Waals surface area contributed by atoms with Crippen molar-refractivity contribution in [3.05, 3.63) is 77.3 Å². The van der Waals surface area contributed by atoms with Crippen molar-refractivity contribution < 1.29 is 9.32 Å². The molecule has 0 saturated heterocycles. The molecular formula is C24H26N4O2. The van der Waals surface area contributed by atoms with Gasteiger partial charge in [0.1, 0.15) is 0 Å². The molecular weight excluding hydrogens is 376 g/mol. The molecule has 4 rings (SSSR count). The van der Waals surface area contributed by atoms with Crippen molar-refractivity contribution in [1.82, 2.24) is 20.4 Å². The van der Waals surface area contributed by atoms with Gasteiger partial charge in [-0.3, -0.25) is 4.90 Å². The Bertz CT molecular complexity index is 1090. The Morgan fingerprint density at radius 3 is 2.57 bits per heavy atom. The molecule has 0 fully saturated rings. The number of nitrogens with zero attached hydrogens (tertiary/aromatic N) is 3. The quantitative estimate of drug-likeness (QED) is 0.637. The summed E-state index contributed by atoms with van der Waals surface area (Å²) in [6.45, 7) is 8.77. The van der Waals surface area contributed by atoms with Crippen LogP contribution >= 0.6 is 0 Å². The lowest BCUT2D eigenvalue weighted by molar-refractivity contribution is 0.199. The topological polar surface area (TPSA) is 71.3 Å². The van der Waals surface area contributed by atoms with Crippen LogP contribution in [0.1, 0.15) is 43.8 Å². The first-order valence-electron chi connectivity index (χ1n) is 10.2. The summed E-state index contributed by atoms with van der Waals surface area (Å²) < 4.78 is 5.71. The van der Waals surface area contributed by atoms with Crippen LogP contribution in [-0.4, -0.2) is 27.6 Å². The Balaban J connectivity index is 1.81. The smallest absolute Gasteiger partial charge is 0.322 e. The fourth-order valence-electron chi connectivity index (χ4n) is 3.77. The van der Waals surface area contributed by atoms with Crippen LogP contribution in [0.25, 0.3) is 17.0 Å². The number of aromatic nitrogens is 2. The number of hydrogen-bond donors (Lipinski definition) is 1. The molecule has 6 nitrogen and oxygen atoms in total. The first-order chi connectivity index (χ1) is 14.4. The minimum Gasteiger partial charge on any atom is -0.334 e. The largest absolute Gasteiger partial charge is 0.334 e. The number of benzene rings is 2. The summed E-state index contributed by atoms with van der Waals surface area (Å²) in [5.74, 6) is 1.28. The van der Waals surface area contributed by atoms with Crippen molar-refractivity contribution in [2.75, 3.05) is 6.54 Å². The first kappa shape index (κ1) is 19.9. The van der Waals surface area contributed by atoms with E-state index in [-0.39, 0.29) is 12.1 Å². The molecule has 3 aromatic rings. The Kier molecular flexibility index (Phi) is 5.40. The van der Waals surface area contributed by atoms with Gasteiger partial charge in [0.15, 0.2) is 0 Å². The average Bonchev–Trinajstić information content (AvgIpc) is 3.21. The Hall–Kier alpha value is -3.41. The lowest BCUT2D eigenvalue weighted by atomic mass is 9.94. The summed E-state index contributed by atoms with van der Waals surface area (Å²) in [5, 5.41) is 7.35. The summed E-state index contributed by atoms with van der Waals surface area (Å²) in [6.07, 6.45) is 0. The zero-order valence-corrected chi connectivity index (χ0v) is 17.7. The van der Waals surface area contributed by atoms with E-state index in [0.29, 0.717) is 24.2 Å². The number of hydrogen-bond acceptors (Lipinski definition) is 4. The van der Waals surface area contributed by atoms with Crippen molar-refractivity contribution in [1.29, 1.82) is 0 Å². The molecule has 2 aromatic carbocycles. The normalized spacial score (nSPS) is 16.9. The van der Waals surface area contributed by atoms with Gasteiger partial charge in [-0.25, -0.2) is 4.79 Å². The van der Waals surface area contributed by atoms with Crippen LogP contribution < -0.4 is 5.32 Å². The molecule has 0 spiro atoms. The number of carbonyl (C=O) groups is 1. The molecule has 0 aliphatic carbocycles. The van der Waals surface area contributed by atoms with Crippen LogP contribution in [0, 0.1) is 12.8 Å². The Morgan fingerprint density at radius 2 is 1.87 bits per heavy atom. The van der Waals surface area contributed by atoms with E-state index in [1.807, 2.05) is 68.4 Å². The molecule has 1 aromatic heterocycles. The summed E-state index contributed by atoms with van der Waals surface area (Å²) in [4.78, 5) is 19.3. The van der Waals surface area contributed by atoms with Crippen LogP contribution in [0.2, 0.25) is 0 Å². The van der Waals surface area contributed by atoms with Crippen LogP contribution in [0.15, 0.2) is 64.8 Å². The molecule has 154 valence electrons. The third-order valence-corrected chi connectivity index (χ3v) is 5.21. The van der Waals surface area contributed by atoms with Crippen molar-refractivity contribution in [3.63, 3.8) is 0 Å². The van der Waals surface area contributed by atoms with E-state index in [2.05, 4.69) is 24.3 Å². The number of carbonyl (C=O) groups excluding carboxylic acids is 1. The second-order valence-corrected chi connectivity index (χ2v) is 8.09. The monoisotopic (exact) mass is 402 g/mol. The van der Waals surface area contributed by atoms with Gasteiger partial charge >= 0.3 is 6.03 Å². The second kappa shape index (κ2) is 8.14. The molecule has 6 heteroatoms. The summed E-state index contributed by atoms with van der Waals surface area (Å²) in [7, 11) is 0. The van der Waals surface area contributed by atoms with Gasteiger partial charge in [-0.2, -0.15) is 4.98 Å². The van der Waals surface area contributed by atoms with Crippen LogP contribution in [-0.2, 0) is 0 Å². The van der Waals surface area contributed by atoms with E-state index in [9.17, 15) is 4.79 Å². The summed E-state index contributed by atoms with van der Waals surface area (Å²) >= 11 is 0. The zero-order valence-electron chi connectivity index (χ0n) is 17.7. The number of urea groups is 1. The highest BCUT2D eigenvalue weighted by Crippen LogP contribution is 2.37. The fourth-order valence-corrected chi connectivity index (χ4v) is 3.77. The highest BCUT2D eigenvalue weighted by Gasteiger charge is 2.35. The van der Waals surface area contributed by atoms with Gasteiger partial charge < -0.3 is 9.84 Å². The molecule has 0 saturated carbocycles. The van der Waals surface area contributed by atoms with Crippen molar-refractivity contribution in [3.8, 4) is 11.4 Å². The summed E-state index contributed by atoms with van der Waals surface area (Å²) in [5.41, 5.74) is 4.66. The Morgan fingerprint density at radius 1 is 1.10 bits per heavy atom. The highest BCUT2D eigenvalue weighted by molar-refractivity contribution is 5.86. The summed E-state index contributed by atoms with van der Waals surface area (Å²) in [6, 6.07) is 17.4. The molecule has 2 amide bonds. The predicted octanol–water partition coefficient (Wildman–Crippen LogP) is 5.20. The molecule has 1 unspecified atom stereocenters. The highest BCUT2D eigenvalue weighted by atomic mass is 16.5. The molecule has 1 atom stereocenters. The van der Waals surface area contributed by atoms with Crippen molar-refractivity contribution in [2.45, 2.75) is 33.7 Å². The minimum absolute atomic E-state index is 0.114. The van der Waals surface area contributed by atoms with Gasteiger partial charge in [-0.1, -0.05) is 73.1 Å². The average molecular weight is 402 g/mol. The van der Waals surface area contributed by atoms with Gasteiger partial charge in [0, 0.05) is 17.8 Å². The number of nitrogens with one attached hydrogen (secondary N) is 1. The van der Waals surface area contributed by atoms with Crippen molar-refractivity contribution >= 4 is 11.6 Å². The van der Waals surface area contributed by atoms with Gasteiger partial charge in [0.25, 0.3) is 5.89 Å². The minimum atomic E-state index is -0.354. The SMILES string of the molecule is CC1=C(c2nc(-c3cccc(C)c3)no2)C(c2ccccc2)NC(=O)N1CC(C)C. The van der Waals surface area contributed by atoms with Gasteiger partial charge in [0.05, 0.1) is 11.6 Å². The van der Waals surface area contributed by atoms with Crippen LogP contribution in [0.5, 0.6) is 0 Å². The van der Waals surface area contributed by atoms with E-state index in [1.54, 1.807) is 4.90 Å². The first-order valence-corrected chi connectivity index (χ1v) is 10.2. The third kappa shape index (κ3) is 3.85. The standard InChI is InChI=1S/C24H26N4O2/c1-15(2)14-28-17(4)20(21(25-24(28)29)18-10-6-5-7-11-18)23-26-22(27-30-23)19-12-8-9-16(3)13-19/h5-13,15,21H,14H2,1-4H3,(H,25,29). The number of amides is 2. The molecule has 0 bridgehead atoms. The van der Waals surface area contributed by atoms with Gasteiger partial charge in [0.2, 0.25) is 5.82 Å². The predicted molar refractivity (Wildman–Crippen MR) is 116 cm³/mol. The lowest BCUT2D eigenvalue weighted by Crippen LogP contribution is -2.47. The molecule has 30 heavy (non-hydrogen) atoms. The van der Waals surface area contributed by atoms with Gasteiger partial charge in [-0.15, -0.1) is 0 Å². The van der Waals surface area contributed by atoms with Crippen molar-refractivity contribution in [2.24, 2.45) is 5.92 Å². The maximum absolute atomic E-state index is 12.9. The lowest BCUT2D eigenvalue weighted by Gasteiger charge is -2.36. The van der Waals surface area contributed by atoms with E-state index in [4.69, 9.17) is 9.51 Å². The number of allylic oxidation sites excluding steroid dienone is 1. The molecule has 2 heterocycles. The van der Waals surface area contributed by atoms with E-state index in [1.165, 1.54) is 0 Å². The zero-order chi connectivity index (χ0) is 21.3. The number of aryl methyl sites for hydroxylation is 1. The fraction of sp³-hybridized carbons (Fsp3) is 0.292. The molecule has 1 aliphatic heterocycles. The number of rotatable bonds is 5. The second-order valence-electron chi connectivity index (χ2n) is 8.09. The Labute approximate surface area is 176 Å². The van der Waals surface area contributed by atoms with Crippen LogP contribution in [0.4, 0.5) is 4.79 Å². The third-order valence-electron chi connectivity index (χ3n) is 5.21. The molecule has 0 radical (unpaired) electrons. The molecule has 1 aliphatic rings. The van der Waals surface area contributed by atoms with E-state index < -0.39 is 0 Å². The molecule has 1 N–H and O–H groups in total. The van der Waals surface area contributed by atoms with E-state index in [0.717, 1.165) is 28.0 Å².